The third-order valence-corrected chi connectivity index (χ3v) is 6.85. The minimum absolute atomic E-state index is 0.0362. The number of hydrogen-bond acceptors (Lipinski definition) is 6. The lowest BCUT2D eigenvalue weighted by molar-refractivity contribution is -0.149. The molecule has 0 radical (unpaired) electrons. The number of rotatable bonds is 8. The third kappa shape index (κ3) is 5.42. The van der Waals surface area contributed by atoms with Crippen LogP contribution in [0.1, 0.15) is 49.4 Å². The first-order valence-electron chi connectivity index (χ1n) is 11.3. The van der Waals surface area contributed by atoms with Gasteiger partial charge in [0.1, 0.15) is 6.61 Å². The summed E-state index contributed by atoms with van der Waals surface area (Å²) in [4.78, 5) is 31.7. The number of nitrogens with zero attached hydrogens (tertiary/aromatic N) is 2. The van der Waals surface area contributed by atoms with Gasteiger partial charge in [0.15, 0.2) is 5.13 Å². The van der Waals surface area contributed by atoms with Crippen molar-refractivity contribution in [1.29, 1.82) is 0 Å². The Labute approximate surface area is 198 Å². The molecule has 1 aliphatic rings. The maximum absolute atomic E-state index is 12.7. The lowest BCUT2D eigenvalue weighted by Gasteiger charge is -2.23. The van der Waals surface area contributed by atoms with Crippen LogP contribution in [-0.2, 0) is 20.9 Å². The predicted molar refractivity (Wildman–Crippen MR) is 132 cm³/mol. The van der Waals surface area contributed by atoms with Crippen molar-refractivity contribution in [3.8, 4) is 0 Å². The van der Waals surface area contributed by atoms with Gasteiger partial charge >= 0.3 is 5.97 Å². The Balaban J connectivity index is 1.34. The molecule has 1 saturated heterocycles. The summed E-state index contributed by atoms with van der Waals surface area (Å²) in [6.07, 6.45) is 1.16. The van der Waals surface area contributed by atoms with E-state index < -0.39 is 5.92 Å². The molecule has 2 heterocycles. The van der Waals surface area contributed by atoms with Crippen LogP contribution in [0.25, 0.3) is 0 Å². The summed E-state index contributed by atoms with van der Waals surface area (Å²) in [5.41, 5.74) is 4.88. The number of amides is 1. The van der Waals surface area contributed by atoms with Gasteiger partial charge in [-0.15, -0.1) is 11.3 Å². The number of carbonyl (C=O) groups is 2. The number of esters is 1. The first-order chi connectivity index (χ1) is 15.9. The predicted octanol–water partition coefficient (Wildman–Crippen LogP) is 5.80. The maximum atomic E-state index is 12.7. The zero-order valence-corrected chi connectivity index (χ0v) is 20.0. The number of anilines is 3. The minimum Gasteiger partial charge on any atom is -0.459 e. The monoisotopic (exact) mass is 463 g/mol. The summed E-state index contributed by atoms with van der Waals surface area (Å²) in [6, 6.07) is 16.0. The molecule has 1 aliphatic heterocycles. The van der Waals surface area contributed by atoms with Crippen LogP contribution in [0.3, 0.4) is 0 Å². The van der Waals surface area contributed by atoms with Gasteiger partial charge in [0, 0.05) is 29.7 Å². The number of thiazole rings is 1. The van der Waals surface area contributed by atoms with Crippen LogP contribution in [0.15, 0.2) is 53.9 Å². The van der Waals surface area contributed by atoms with Crippen molar-refractivity contribution in [2.75, 3.05) is 16.8 Å². The minimum atomic E-state index is -0.466. The van der Waals surface area contributed by atoms with E-state index in [-0.39, 0.29) is 24.9 Å². The fourth-order valence-corrected chi connectivity index (χ4v) is 4.64. The number of para-hydroxylation sites is 1. The average Bonchev–Trinajstić information content (AvgIpc) is 3.44. The topological polar surface area (TPSA) is 71.5 Å². The molecule has 1 N–H and O–H groups in total. The Bertz CT molecular complexity index is 1130. The molecule has 1 fully saturated rings. The van der Waals surface area contributed by atoms with Gasteiger partial charge < -0.3 is 15.0 Å². The molecule has 0 saturated carbocycles. The highest BCUT2D eigenvalue weighted by Gasteiger charge is 2.37. The largest absolute Gasteiger partial charge is 0.459 e. The summed E-state index contributed by atoms with van der Waals surface area (Å²) in [6.45, 7) is 6.78. The molecule has 2 aromatic carbocycles. The Morgan fingerprint density at radius 3 is 2.76 bits per heavy atom. The summed E-state index contributed by atoms with van der Waals surface area (Å²) in [5, 5.41) is 5.88. The molecule has 1 aromatic heterocycles. The van der Waals surface area contributed by atoms with E-state index in [1.165, 1.54) is 16.9 Å². The number of aryl methyl sites for hydroxylation is 1. The SMILES string of the molecule is CC[C@H](C)c1ccccc1N1C[C@@H](C(=O)OCc2csc(Nc3ccc(C)cc3)n2)CC1=O. The van der Waals surface area contributed by atoms with Gasteiger partial charge in [0.25, 0.3) is 0 Å². The molecular weight excluding hydrogens is 434 g/mol. The van der Waals surface area contributed by atoms with Crippen molar-refractivity contribution in [2.24, 2.45) is 5.92 Å². The van der Waals surface area contributed by atoms with E-state index in [1.54, 1.807) is 4.90 Å². The molecule has 172 valence electrons. The molecule has 0 unspecified atom stereocenters. The van der Waals surface area contributed by atoms with E-state index >= 15 is 0 Å². The van der Waals surface area contributed by atoms with Crippen LogP contribution >= 0.6 is 11.3 Å². The van der Waals surface area contributed by atoms with E-state index in [2.05, 4.69) is 30.2 Å². The van der Waals surface area contributed by atoms with Crippen molar-refractivity contribution < 1.29 is 14.3 Å². The second-order valence-electron chi connectivity index (χ2n) is 8.52. The lowest BCUT2D eigenvalue weighted by Crippen LogP contribution is -2.27. The first-order valence-corrected chi connectivity index (χ1v) is 12.2. The molecule has 0 aliphatic carbocycles. The Morgan fingerprint density at radius 2 is 2.00 bits per heavy atom. The Kier molecular flexibility index (Phi) is 7.08. The van der Waals surface area contributed by atoms with Crippen molar-refractivity contribution in [2.45, 2.75) is 46.1 Å². The van der Waals surface area contributed by atoms with Crippen LogP contribution < -0.4 is 10.2 Å². The second kappa shape index (κ2) is 10.2. The smallest absolute Gasteiger partial charge is 0.311 e. The zero-order chi connectivity index (χ0) is 23.4. The van der Waals surface area contributed by atoms with E-state index in [1.807, 2.05) is 54.8 Å². The summed E-state index contributed by atoms with van der Waals surface area (Å²) in [5.74, 6) is -0.516. The van der Waals surface area contributed by atoms with Gasteiger partial charge in [0.2, 0.25) is 5.91 Å². The molecular formula is C26H29N3O3S. The van der Waals surface area contributed by atoms with Gasteiger partial charge in [0.05, 0.1) is 11.6 Å². The lowest BCUT2D eigenvalue weighted by atomic mass is 9.96. The van der Waals surface area contributed by atoms with E-state index in [4.69, 9.17) is 4.74 Å². The van der Waals surface area contributed by atoms with Crippen molar-refractivity contribution in [3.63, 3.8) is 0 Å². The quantitative estimate of drug-likeness (QED) is 0.427. The van der Waals surface area contributed by atoms with Crippen LogP contribution in [0.2, 0.25) is 0 Å². The highest BCUT2D eigenvalue weighted by molar-refractivity contribution is 7.13. The maximum Gasteiger partial charge on any atom is 0.311 e. The van der Waals surface area contributed by atoms with Gasteiger partial charge in [-0.3, -0.25) is 9.59 Å². The normalized spacial score (nSPS) is 16.6. The van der Waals surface area contributed by atoms with Crippen molar-refractivity contribution in [1.82, 2.24) is 4.98 Å². The zero-order valence-electron chi connectivity index (χ0n) is 19.2. The van der Waals surface area contributed by atoms with Crippen LogP contribution in [0.4, 0.5) is 16.5 Å². The van der Waals surface area contributed by atoms with Crippen LogP contribution in [0, 0.1) is 12.8 Å². The van der Waals surface area contributed by atoms with Gasteiger partial charge in [-0.2, -0.15) is 0 Å². The molecule has 0 bridgehead atoms. The third-order valence-electron chi connectivity index (χ3n) is 6.05. The van der Waals surface area contributed by atoms with E-state index in [0.717, 1.165) is 28.5 Å². The number of nitrogens with one attached hydrogen (secondary N) is 1. The second-order valence-corrected chi connectivity index (χ2v) is 9.37. The molecule has 6 nitrogen and oxygen atoms in total. The summed E-state index contributed by atoms with van der Waals surface area (Å²) < 4.78 is 5.52. The Hall–Kier alpha value is -3.19. The first kappa shape index (κ1) is 23.0. The fraction of sp³-hybridized carbons (Fsp3) is 0.346. The fourth-order valence-electron chi connectivity index (χ4n) is 3.92. The molecule has 2 atom stereocenters. The van der Waals surface area contributed by atoms with E-state index in [0.29, 0.717) is 18.2 Å². The van der Waals surface area contributed by atoms with Crippen LogP contribution in [0.5, 0.6) is 0 Å². The van der Waals surface area contributed by atoms with Gasteiger partial charge in [-0.1, -0.05) is 49.7 Å². The molecule has 0 spiro atoms. The molecule has 33 heavy (non-hydrogen) atoms. The average molecular weight is 464 g/mol. The summed E-state index contributed by atoms with van der Waals surface area (Å²) >= 11 is 1.46. The number of carbonyl (C=O) groups excluding carboxylic acids is 2. The van der Waals surface area contributed by atoms with E-state index in [9.17, 15) is 9.59 Å². The molecule has 1 amide bonds. The molecule has 7 heteroatoms. The highest BCUT2D eigenvalue weighted by atomic mass is 32.1. The number of hydrogen-bond donors (Lipinski definition) is 1. The van der Waals surface area contributed by atoms with Crippen molar-refractivity contribution >= 4 is 39.7 Å². The number of ether oxygens (including phenoxy) is 1. The number of benzene rings is 2. The highest BCUT2D eigenvalue weighted by Crippen LogP contribution is 2.34. The standard InChI is InChI=1S/C26H29N3O3S/c1-4-18(3)22-7-5-6-8-23(22)29-14-19(13-24(29)30)25(31)32-15-21-16-33-26(28-21)27-20-11-9-17(2)10-12-20/h5-12,16,18-19H,4,13-15H2,1-3H3,(H,27,28)/t18-,19-/m0/s1. The number of aromatic nitrogens is 1. The molecule has 3 aromatic rings. The Morgan fingerprint density at radius 1 is 1.24 bits per heavy atom. The summed E-state index contributed by atoms with van der Waals surface area (Å²) in [7, 11) is 0. The van der Waals surface area contributed by atoms with Crippen molar-refractivity contribution in [3.05, 3.63) is 70.7 Å². The van der Waals surface area contributed by atoms with Gasteiger partial charge in [-0.25, -0.2) is 4.98 Å². The van der Waals surface area contributed by atoms with Gasteiger partial charge in [-0.05, 0) is 43.0 Å². The van der Waals surface area contributed by atoms with Crippen LogP contribution in [-0.4, -0.2) is 23.4 Å². The molecule has 4 rings (SSSR count).